The smallest absolute Gasteiger partial charge is 0.241 e. The lowest BCUT2D eigenvalue weighted by molar-refractivity contribution is 0.342. The highest BCUT2D eigenvalue weighted by atomic mass is 32.2. The predicted octanol–water partition coefficient (Wildman–Crippen LogP) is 1.40. The molecule has 120 valence electrons. The summed E-state index contributed by atoms with van der Waals surface area (Å²) in [7, 11) is -1.58. The molecular weight excluding hydrogens is 306 g/mol. The van der Waals surface area contributed by atoms with Gasteiger partial charge in [0.25, 0.3) is 0 Å². The normalized spacial score (nSPS) is 20.2. The highest BCUT2D eigenvalue weighted by molar-refractivity contribution is 7.89. The number of hydrogen-bond donors (Lipinski definition) is 2. The van der Waals surface area contributed by atoms with Crippen LogP contribution in [0.4, 0.5) is 0 Å². The van der Waals surface area contributed by atoms with E-state index in [0.717, 1.165) is 36.5 Å². The Balaban J connectivity index is 2.04. The van der Waals surface area contributed by atoms with Crippen LogP contribution in [0.3, 0.4) is 0 Å². The van der Waals surface area contributed by atoms with Gasteiger partial charge in [-0.25, -0.2) is 13.1 Å². The van der Waals surface area contributed by atoms with E-state index in [9.17, 15) is 8.42 Å². The minimum atomic E-state index is -3.41. The summed E-state index contributed by atoms with van der Waals surface area (Å²) in [6.45, 7) is 8.23. The molecule has 0 aliphatic carbocycles. The van der Waals surface area contributed by atoms with Crippen LogP contribution in [-0.4, -0.2) is 46.5 Å². The quantitative estimate of drug-likeness (QED) is 0.793. The van der Waals surface area contributed by atoms with Gasteiger partial charge in [0, 0.05) is 24.5 Å². The minimum Gasteiger partial charge on any atom is -0.315 e. The zero-order valence-electron chi connectivity index (χ0n) is 13.0. The van der Waals surface area contributed by atoms with Crippen LogP contribution < -0.4 is 10.0 Å². The molecule has 0 aromatic carbocycles. The molecule has 0 bridgehead atoms. The molecule has 2 rings (SSSR count). The largest absolute Gasteiger partial charge is 0.315 e. The number of thiophene rings is 1. The highest BCUT2D eigenvalue weighted by Crippen LogP contribution is 2.27. The van der Waals surface area contributed by atoms with Gasteiger partial charge in [-0.15, -0.1) is 11.3 Å². The average molecular weight is 332 g/mol. The van der Waals surface area contributed by atoms with E-state index in [2.05, 4.69) is 21.9 Å². The van der Waals surface area contributed by atoms with Crippen molar-refractivity contribution in [2.45, 2.75) is 31.7 Å². The Hall–Kier alpha value is -0.470. The molecule has 1 unspecified atom stereocenters. The third-order valence-electron chi connectivity index (χ3n) is 3.97. The van der Waals surface area contributed by atoms with E-state index in [4.69, 9.17) is 0 Å². The maximum Gasteiger partial charge on any atom is 0.241 e. The Morgan fingerprint density at radius 2 is 2.24 bits per heavy atom. The molecule has 1 atom stereocenters. The second kappa shape index (κ2) is 7.19. The van der Waals surface area contributed by atoms with E-state index in [0.29, 0.717) is 23.9 Å². The molecule has 2 heterocycles. The van der Waals surface area contributed by atoms with E-state index < -0.39 is 10.0 Å². The van der Waals surface area contributed by atoms with Crippen molar-refractivity contribution in [2.75, 3.05) is 33.2 Å². The SMILES string of the molecule is CCN1CCC(CNS(=O)(=O)c2c(C)csc2CNC)C1. The van der Waals surface area contributed by atoms with Crippen LogP contribution in [0.25, 0.3) is 0 Å². The van der Waals surface area contributed by atoms with Crippen molar-refractivity contribution in [1.82, 2.24) is 14.9 Å². The first-order valence-electron chi connectivity index (χ1n) is 7.41. The molecule has 2 N–H and O–H groups in total. The summed E-state index contributed by atoms with van der Waals surface area (Å²) in [5.74, 6) is 0.423. The summed E-state index contributed by atoms with van der Waals surface area (Å²) in [6, 6.07) is 0. The fourth-order valence-corrected chi connectivity index (χ4v) is 5.73. The summed E-state index contributed by atoms with van der Waals surface area (Å²) >= 11 is 1.50. The van der Waals surface area contributed by atoms with Crippen molar-refractivity contribution in [2.24, 2.45) is 5.92 Å². The number of nitrogens with zero attached hydrogens (tertiary/aromatic N) is 1. The summed E-state index contributed by atoms with van der Waals surface area (Å²) < 4.78 is 28.0. The monoisotopic (exact) mass is 331 g/mol. The molecule has 0 saturated carbocycles. The van der Waals surface area contributed by atoms with Crippen molar-refractivity contribution in [3.63, 3.8) is 0 Å². The standard InChI is InChI=1S/C14H25N3O2S2/c1-4-17-6-5-12(9-17)7-16-21(18,19)14-11(2)10-20-13(14)8-15-3/h10,12,15-16H,4-9H2,1-3H3. The lowest BCUT2D eigenvalue weighted by Crippen LogP contribution is -2.31. The maximum atomic E-state index is 12.6. The minimum absolute atomic E-state index is 0.423. The van der Waals surface area contributed by atoms with Crippen LogP contribution in [0.2, 0.25) is 0 Å². The molecule has 0 spiro atoms. The molecular formula is C14H25N3O2S2. The first kappa shape index (κ1) is 16.9. The van der Waals surface area contributed by atoms with Crippen LogP contribution in [-0.2, 0) is 16.6 Å². The number of aryl methyl sites for hydroxylation is 1. The van der Waals surface area contributed by atoms with E-state index in [1.165, 1.54) is 11.3 Å². The maximum absolute atomic E-state index is 12.6. The summed E-state index contributed by atoms with van der Waals surface area (Å²) in [6.07, 6.45) is 1.07. The van der Waals surface area contributed by atoms with E-state index in [1.807, 2.05) is 19.4 Å². The van der Waals surface area contributed by atoms with Gasteiger partial charge < -0.3 is 10.2 Å². The topological polar surface area (TPSA) is 61.4 Å². The second-order valence-electron chi connectivity index (χ2n) is 5.60. The van der Waals surface area contributed by atoms with E-state index in [-0.39, 0.29) is 0 Å². The average Bonchev–Trinajstić information content (AvgIpc) is 3.04. The number of nitrogens with one attached hydrogen (secondary N) is 2. The fourth-order valence-electron chi connectivity index (χ4n) is 2.80. The van der Waals surface area contributed by atoms with Gasteiger partial charge in [0.15, 0.2) is 0 Å². The molecule has 1 aliphatic rings. The molecule has 1 aromatic rings. The van der Waals surface area contributed by atoms with Gasteiger partial charge in [-0.05, 0) is 50.3 Å². The zero-order valence-corrected chi connectivity index (χ0v) is 14.6. The van der Waals surface area contributed by atoms with Crippen molar-refractivity contribution in [1.29, 1.82) is 0 Å². The molecule has 1 fully saturated rings. The molecule has 0 amide bonds. The molecule has 7 heteroatoms. The molecule has 1 saturated heterocycles. The van der Waals surface area contributed by atoms with Gasteiger partial charge in [-0.1, -0.05) is 6.92 Å². The van der Waals surface area contributed by atoms with Crippen molar-refractivity contribution in [3.05, 3.63) is 15.8 Å². The van der Waals surface area contributed by atoms with Gasteiger partial charge in [-0.3, -0.25) is 0 Å². The van der Waals surface area contributed by atoms with Crippen LogP contribution in [0.15, 0.2) is 10.3 Å². The number of sulfonamides is 1. The fraction of sp³-hybridized carbons (Fsp3) is 0.714. The second-order valence-corrected chi connectivity index (χ2v) is 8.27. The highest BCUT2D eigenvalue weighted by Gasteiger charge is 2.26. The Morgan fingerprint density at radius 1 is 1.48 bits per heavy atom. The van der Waals surface area contributed by atoms with Gasteiger partial charge in [0.05, 0.1) is 0 Å². The molecule has 0 radical (unpaired) electrons. The first-order valence-corrected chi connectivity index (χ1v) is 9.77. The van der Waals surface area contributed by atoms with E-state index in [1.54, 1.807) is 0 Å². The molecule has 5 nitrogen and oxygen atoms in total. The summed E-state index contributed by atoms with van der Waals surface area (Å²) in [5, 5.41) is 4.94. The summed E-state index contributed by atoms with van der Waals surface area (Å²) in [4.78, 5) is 3.71. The molecule has 21 heavy (non-hydrogen) atoms. The van der Waals surface area contributed by atoms with Gasteiger partial charge in [-0.2, -0.15) is 0 Å². The Bertz CT molecular complexity index is 569. The molecule has 1 aliphatic heterocycles. The van der Waals surface area contributed by atoms with Crippen LogP contribution in [0, 0.1) is 12.8 Å². The number of hydrogen-bond acceptors (Lipinski definition) is 5. The lowest BCUT2D eigenvalue weighted by Gasteiger charge is -2.14. The first-order chi connectivity index (χ1) is 9.97. The zero-order chi connectivity index (χ0) is 15.5. The van der Waals surface area contributed by atoms with Crippen LogP contribution >= 0.6 is 11.3 Å². The predicted molar refractivity (Wildman–Crippen MR) is 87.2 cm³/mol. The Morgan fingerprint density at radius 3 is 2.86 bits per heavy atom. The summed E-state index contributed by atoms with van der Waals surface area (Å²) in [5.41, 5.74) is 0.833. The van der Waals surface area contributed by atoms with Gasteiger partial charge in [0.1, 0.15) is 4.90 Å². The number of likely N-dealkylation sites (tertiary alicyclic amines) is 1. The van der Waals surface area contributed by atoms with Crippen LogP contribution in [0.5, 0.6) is 0 Å². The van der Waals surface area contributed by atoms with Crippen molar-refractivity contribution in [3.8, 4) is 0 Å². The van der Waals surface area contributed by atoms with E-state index >= 15 is 0 Å². The van der Waals surface area contributed by atoms with Gasteiger partial charge in [0.2, 0.25) is 10.0 Å². The Kier molecular flexibility index (Phi) is 5.79. The number of rotatable bonds is 7. The third kappa shape index (κ3) is 4.04. The molecule has 1 aromatic heterocycles. The third-order valence-corrected chi connectivity index (χ3v) is 6.86. The van der Waals surface area contributed by atoms with Crippen LogP contribution in [0.1, 0.15) is 23.8 Å². The lowest BCUT2D eigenvalue weighted by atomic mass is 10.1. The van der Waals surface area contributed by atoms with Gasteiger partial charge >= 0.3 is 0 Å². The van der Waals surface area contributed by atoms with Crippen molar-refractivity contribution >= 4 is 21.4 Å². The van der Waals surface area contributed by atoms with Crippen molar-refractivity contribution < 1.29 is 8.42 Å². The Labute approximate surface area is 131 Å².